The highest BCUT2D eigenvalue weighted by Gasteiger charge is 1.99. The third-order valence-corrected chi connectivity index (χ3v) is 3.75. The van der Waals surface area contributed by atoms with Gasteiger partial charge in [-0.05, 0) is 37.1 Å². The van der Waals surface area contributed by atoms with Gasteiger partial charge in [-0.1, -0.05) is 51.9 Å². The van der Waals surface area contributed by atoms with E-state index in [9.17, 15) is 0 Å². The molecule has 2 nitrogen and oxygen atoms in total. The largest absolute Gasteiger partial charge is 0.496 e. The first-order valence-electron chi connectivity index (χ1n) is 8.16. The third kappa shape index (κ3) is 6.83. The molecule has 0 heterocycles. The van der Waals surface area contributed by atoms with Crippen LogP contribution in [0.15, 0.2) is 18.2 Å². The summed E-state index contributed by atoms with van der Waals surface area (Å²) < 4.78 is 5.27. The first kappa shape index (κ1) is 16.9. The van der Waals surface area contributed by atoms with Gasteiger partial charge in [0.1, 0.15) is 5.75 Å². The van der Waals surface area contributed by atoms with Crippen LogP contribution in [0.25, 0.3) is 0 Å². The highest BCUT2D eigenvalue weighted by atomic mass is 16.5. The van der Waals surface area contributed by atoms with Gasteiger partial charge in [-0.15, -0.1) is 0 Å². The number of ether oxygens (including phenoxy) is 1. The lowest BCUT2D eigenvalue weighted by Crippen LogP contribution is -2.01. The highest BCUT2D eigenvalue weighted by molar-refractivity contribution is 5.50. The molecule has 0 saturated heterocycles. The van der Waals surface area contributed by atoms with Crippen LogP contribution in [-0.2, 0) is 0 Å². The van der Waals surface area contributed by atoms with Crippen LogP contribution in [0.4, 0.5) is 5.69 Å². The van der Waals surface area contributed by atoms with E-state index < -0.39 is 0 Å². The smallest absolute Gasteiger partial charge is 0.121 e. The summed E-state index contributed by atoms with van der Waals surface area (Å²) in [6.45, 7) is 5.42. The minimum Gasteiger partial charge on any atom is -0.496 e. The van der Waals surface area contributed by atoms with Crippen LogP contribution in [0, 0.1) is 6.92 Å². The van der Waals surface area contributed by atoms with Crippen molar-refractivity contribution in [3.05, 3.63) is 23.8 Å². The van der Waals surface area contributed by atoms with Crippen molar-refractivity contribution < 1.29 is 4.74 Å². The molecule has 114 valence electrons. The fourth-order valence-corrected chi connectivity index (χ4v) is 2.48. The van der Waals surface area contributed by atoms with Gasteiger partial charge < -0.3 is 10.1 Å². The van der Waals surface area contributed by atoms with E-state index in [1.165, 1.54) is 62.6 Å². The highest BCUT2D eigenvalue weighted by Crippen LogP contribution is 2.21. The van der Waals surface area contributed by atoms with Crippen molar-refractivity contribution in [2.75, 3.05) is 19.0 Å². The number of hydrogen-bond donors (Lipinski definition) is 1. The zero-order chi connectivity index (χ0) is 14.6. The Morgan fingerprint density at radius 3 is 2.20 bits per heavy atom. The number of aryl methyl sites for hydroxylation is 1. The molecule has 0 spiro atoms. The quantitative estimate of drug-likeness (QED) is 0.535. The van der Waals surface area contributed by atoms with Gasteiger partial charge in [-0.25, -0.2) is 0 Å². The summed E-state index contributed by atoms with van der Waals surface area (Å²) >= 11 is 0. The van der Waals surface area contributed by atoms with E-state index in [1.807, 2.05) is 6.07 Å². The maximum atomic E-state index is 5.27. The second-order valence-electron chi connectivity index (χ2n) is 5.59. The second kappa shape index (κ2) is 10.6. The topological polar surface area (TPSA) is 21.3 Å². The Labute approximate surface area is 124 Å². The predicted molar refractivity (Wildman–Crippen MR) is 88.8 cm³/mol. The Kier molecular flexibility index (Phi) is 8.93. The van der Waals surface area contributed by atoms with E-state index in [1.54, 1.807) is 7.11 Å². The lowest BCUT2D eigenvalue weighted by Gasteiger charge is -2.09. The summed E-state index contributed by atoms with van der Waals surface area (Å²) in [5.41, 5.74) is 2.39. The van der Waals surface area contributed by atoms with Crippen LogP contribution in [-0.4, -0.2) is 13.7 Å². The Morgan fingerprint density at radius 2 is 1.60 bits per heavy atom. The lowest BCUT2D eigenvalue weighted by molar-refractivity contribution is 0.412. The maximum absolute atomic E-state index is 5.27. The van der Waals surface area contributed by atoms with Gasteiger partial charge in [-0.2, -0.15) is 0 Å². The molecule has 0 unspecified atom stereocenters. The second-order valence-corrected chi connectivity index (χ2v) is 5.59. The number of hydrogen-bond acceptors (Lipinski definition) is 2. The first-order chi connectivity index (χ1) is 9.77. The molecule has 0 atom stereocenters. The molecule has 20 heavy (non-hydrogen) atoms. The van der Waals surface area contributed by atoms with Crippen molar-refractivity contribution in [2.24, 2.45) is 0 Å². The molecule has 0 saturated carbocycles. The van der Waals surface area contributed by atoms with Gasteiger partial charge in [-0.3, -0.25) is 0 Å². The summed E-state index contributed by atoms with van der Waals surface area (Å²) in [7, 11) is 1.72. The molecule has 0 aromatic heterocycles. The average Bonchev–Trinajstić information content (AvgIpc) is 2.46. The Morgan fingerprint density at radius 1 is 0.950 bits per heavy atom. The van der Waals surface area contributed by atoms with Gasteiger partial charge in [0, 0.05) is 12.2 Å². The minimum absolute atomic E-state index is 0.961. The fourth-order valence-electron chi connectivity index (χ4n) is 2.48. The van der Waals surface area contributed by atoms with E-state index >= 15 is 0 Å². The normalized spacial score (nSPS) is 10.6. The standard InChI is InChI=1S/C18H31NO/c1-4-5-6-7-8-9-10-11-14-19-17-12-13-18(20-3)16(2)15-17/h12-13,15,19H,4-11,14H2,1-3H3. The number of methoxy groups -OCH3 is 1. The van der Waals surface area contributed by atoms with Crippen LogP contribution in [0.2, 0.25) is 0 Å². The van der Waals surface area contributed by atoms with Crippen molar-refractivity contribution >= 4 is 5.69 Å². The minimum atomic E-state index is 0.961. The van der Waals surface area contributed by atoms with Gasteiger partial charge in [0.05, 0.1) is 7.11 Å². The molecular formula is C18H31NO. The molecule has 0 fully saturated rings. The van der Waals surface area contributed by atoms with E-state index in [0.717, 1.165) is 12.3 Å². The molecule has 0 radical (unpaired) electrons. The van der Waals surface area contributed by atoms with Crippen LogP contribution < -0.4 is 10.1 Å². The third-order valence-electron chi connectivity index (χ3n) is 3.75. The zero-order valence-electron chi connectivity index (χ0n) is 13.5. The van der Waals surface area contributed by atoms with E-state index in [0.29, 0.717) is 0 Å². The molecule has 0 amide bonds. The Hall–Kier alpha value is -1.18. The van der Waals surface area contributed by atoms with Gasteiger partial charge in [0.2, 0.25) is 0 Å². The van der Waals surface area contributed by atoms with Gasteiger partial charge >= 0.3 is 0 Å². The number of benzene rings is 1. The number of nitrogens with one attached hydrogen (secondary N) is 1. The zero-order valence-corrected chi connectivity index (χ0v) is 13.5. The van der Waals surface area contributed by atoms with Crippen molar-refractivity contribution in [2.45, 2.75) is 65.2 Å². The fraction of sp³-hybridized carbons (Fsp3) is 0.667. The monoisotopic (exact) mass is 277 g/mol. The van der Waals surface area contributed by atoms with E-state index in [2.05, 4.69) is 31.3 Å². The molecule has 0 aliphatic heterocycles. The predicted octanol–water partition coefficient (Wildman–Crippen LogP) is 5.56. The van der Waals surface area contributed by atoms with Gasteiger partial charge in [0.15, 0.2) is 0 Å². The van der Waals surface area contributed by atoms with Crippen LogP contribution in [0.5, 0.6) is 5.75 Å². The first-order valence-corrected chi connectivity index (χ1v) is 8.16. The van der Waals surface area contributed by atoms with Crippen molar-refractivity contribution in [1.82, 2.24) is 0 Å². The molecule has 0 aliphatic rings. The number of unbranched alkanes of at least 4 members (excludes halogenated alkanes) is 7. The lowest BCUT2D eigenvalue weighted by atomic mass is 10.1. The Balaban J connectivity index is 2.05. The van der Waals surface area contributed by atoms with Crippen molar-refractivity contribution in [1.29, 1.82) is 0 Å². The molecule has 1 N–H and O–H groups in total. The van der Waals surface area contributed by atoms with Gasteiger partial charge in [0.25, 0.3) is 0 Å². The number of rotatable bonds is 11. The maximum Gasteiger partial charge on any atom is 0.121 e. The average molecular weight is 277 g/mol. The summed E-state index contributed by atoms with van der Waals surface area (Å²) in [5, 5.41) is 3.49. The summed E-state index contributed by atoms with van der Waals surface area (Å²) in [6.07, 6.45) is 11.0. The van der Waals surface area contributed by atoms with Crippen LogP contribution >= 0.6 is 0 Å². The van der Waals surface area contributed by atoms with Crippen LogP contribution in [0.3, 0.4) is 0 Å². The van der Waals surface area contributed by atoms with Crippen molar-refractivity contribution in [3.63, 3.8) is 0 Å². The summed E-state index contributed by atoms with van der Waals surface area (Å²) in [4.78, 5) is 0. The summed E-state index contributed by atoms with van der Waals surface area (Å²) in [5.74, 6) is 0.961. The molecule has 1 rings (SSSR count). The summed E-state index contributed by atoms with van der Waals surface area (Å²) in [6, 6.07) is 6.28. The molecule has 0 aliphatic carbocycles. The molecular weight excluding hydrogens is 246 g/mol. The molecule has 1 aromatic carbocycles. The van der Waals surface area contributed by atoms with Crippen molar-refractivity contribution in [3.8, 4) is 5.75 Å². The SMILES string of the molecule is CCCCCCCCCCNc1ccc(OC)c(C)c1. The molecule has 0 bridgehead atoms. The van der Waals surface area contributed by atoms with E-state index in [4.69, 9.17) is 4.74 Å². The van der Waals surface area contributed by atoms with E-state index in [-0.39, 0.29) is 0 Å². The molecule has 2 heteroatoms. The molecule has 1 aromatic rings. The number of anilines is 1. The van der Waals surface area contributed by atoms with Crippen LogP contribution in [0.1, 0.15) is 63.9 Å². The Bertz CT molecular complexity index is 362.